The molecule has 0 heterocycles. The van der Waals surface area contributed by atoms with Crippen molar-refractivity contribution in [3.05, 3.63) is 12.2 Å². The molecular formula is C10H16N2O3. The second kappa shape index (κ2) is 6.19. The zero-order valence-corrected chi connectivity index (χ0v) is 8.57. The number of amides is 1. The molecule has 3 N–H and O–H groups in total. The highest BCUT2D eigenvalue weighted by atomic mass is 16.7. The molecule has 1 rings (SSSR count). The quantitative estimate of drug-likeness (QED) is 0.524. The topological polar surface area (TPSA) is 81.4 Å². The van der Waals surface area contributed by atoms with E-state index in [-0.39, 0.29) is 11.9 Å². The van der Waals surface area contributed by atoms with Gasteiger partial charge < -0.3 is 10.2 Å². The smallest absolute Gasteiger partial charge is 0.349 e. The molecule has 0 bridgehead atoms. The second-order valence-electron chi connectivity index (χ2n) is 3.61. The molecule has 5 nitrogen and oxygen atoms in total. The van der Waals surface area contributed by atoms with Crippen molar-refractivity contribution >= 4 is 11.9 Å². The summed E-state index contributed by atoms with van der Waals surface area (Å²) in [5.74, 6) is 3.61. The van der Waals surface area contributed by atoms with Gasteiger partial charge in [0.25, 0.3) is 0 Å². The Morgan fingerprint density at radius 3 is 2.47 bits per heavy atom. The van der Waals surface area contributed by atoms with Crippen LogP contribution in [0.3, 0.4) is 0 Å². The lowest BCUT2D eigenvalue weighted by Gasteiger charge is -2.21. The van der Waals surface area contributed by atoms with Crippen LogP contribution in [0.4, 0.5) is 0 Å². The molecule has 15 heavy (non-hydrogen) atoms. The molecule has 1 saturated carbocycles. The molecule has 1 aliphatic rings. The van der Waals surface area contributed by atoms with Gasteiger partial charge in [0.05, 0.1) is 0 Å². The normalized spacial score (nSPS) is 17.7. The number of hydrogen-bond donors (Lipinski definition) is 2. The van der Waals surface area contributed by atoms with Crippen LogP contribution in [-0.4, -0.2) is 17.9 Å². The Hall–Kier alpha value is -1.36. The maximum absolute atomic E-state index is 11.3. The van der Waals surface area contributed by atoms with Gasteiger partial charge in [0.15, 0.2) is 0 Å². The fourth-order valence-electron chi connectivity index (χ4n) is 1.68. The van der Waals surface area contributed by atoms with Crippen LogP contribution in [0.5, 0.6) is 0 Å². The van der Waals surface area contributed by atoms with Gasteiger partial charge in [-0.05, 0) is 12.8 Å². The molecule has 1 aliphatic carbocycles. The lowest BCUT2D eigenvalue weighted by molar-refractivity contribution is -0.138. The molecule has 0 aromatic carbocycles. The van der Waals surface area contributed by atoms with Gasteiger partial charge in [0.1, 0.15) is 0 Å². The van der Waals surface area contributed by atoms with Crippen molar-refractivity contribution in [1.29, 1.82) is 0 Å². The molecule has 84 valence electrons. The molecule has 0 unspecified atom stereocenters. The molecule has 0 atom stereocenters. The van der Waals surface area contributed by atoms with Gasteiger partial charge >= 0.3 is 5.97 Å². The number of carbonyl (C=O) groups excluding carboxylic acids is 2. The Bertz CT molecular complexity index is 257. The number of hydrogen-bond acceptors (Lipinski definition) is 4. The minimum Gasteiger partial charge on any atom is -0.370 e. The van der Waals surface area contributed by atoms with Crippen LogP contribution in [0.1, 0.15) is 32.1 Å². The number of carbonyl (C=O) groups is 2. The van der Waals surface area contributed by atoms with Crippen molar-refractivity contribution in [2.45, 2.75) is 38.1 Å². The van der Waals surface area contributed by atoms with E-state index in [1.807, 2.05) is 0 Å². The van der Waals surface area contributed by atoms with E-state index in [4.69, 9.17) is 0 Å². The number of nitrogens with one attached hydrogen (secondary N) is 1. The SMILES string of the molecule is NOC(=O)/C=C\C(=O)NC1CCCCC1. The lowest BCUT2D eigenvalue weighted by atomic mass is 9.95. The van der Waals surface area contributed by atoms with E-state index in [1.54, 1.807) is 0 Å². The van der Waals surface area contributed by atoms with Crippen molar-refractivity contribution in [1.82, 2.24) is 5.32 Å². The third-order valence-electron chi connectivity index (χ3n) is 2.44. The molecule has 0 radical (unpaired) electrons. The summed E-state index contributed by atoms with van der Waals surface area (Å²) in [5, 5.41) is 2.82. The fourth-order valence-corrected chi connectivity index (χ4v) is 1.68. The summed E-state index contributed by atoms with van der Waals surface area (Å²) in [7, 11) is 0. The predicted octanol–water partition coefficient (Wildman–Crippen LogP) is 0.408. The first kappa shape index (κ1) is 11.7. The fraction of sp³-hybridized carbons (Fsp3) is 0.600. The molecule has 1 amide bonds. The molecular weight excluding hydrogens is 196 g/mol. The molecule has 0 aliphatic heterocycles. The van der Waals surface area contributed by atoms with Crippen LogP contribution in [0.15, 0.2) is 12.2 Å². The maximum atomic E-state index is 11.3. The molecule has 5 heteroatoms. The monoisotopic (exact) mass is 212 g/mol. The van der Waals surface area contributed by atoms with Gasteiger partial charge in [0.2, 0.25) is 5.91 Å². The summed E-state index contributed by atoms with van der Waals surface area (Å²) >= 11 is 0. The van der Waals surface area contributed by atoms with Crippen molar-refractivity contribution in [3.8, 4) is 0 Å². The summed E-state index contributed by atoms with van der Waals surface area (Å²) in [4.78, 5) is 25.8. The third kappa shape index (κ3) is 4.60. The van der Waals surface area contributed by atoms with E-state index in [0.717, 1.165) is 37.8 Å². The summed E-state index contributed by atoms with van der Waals surface area (Å²) in [6, 6.07) is 0.241. The van der Waals surface area contributed by atoms with E-state index in [1.165, 1.54) is 6.42 Å². The number of nitrogens with two attached hydrogens (primary N) is 1. The van der Waals surface area contributed by atoms with E-state index < -0.39 is 5.97 Å². The standard InChI is InChI=1S/C10H16N2O3/c11-15-10(14)7-6-9(13)12-8-4-2-1-3-5-8/h6-8H,1-5,11H2,(H,12,13)/b7-6-. The maximum Gasteiger partial charge on any atom is 0.349 e. The van der Waals surface area contributed by atoms with E-state index in [9.17, 15) is 9.59 Å². The molecule has 1 fully saturated rings. The summed E-state index contributed by atoms with van der Waals surface area (Å²) < 4.78 is 0. The van der Waals surface area contributed by atoms with Gasteiger partial charge in [-0.15, -0.1) is 0 Å². The van der Waals surface area contributed by atoms with Crippen LogP contribution in [-0.2, 0) is 14.4 Å². The lowest BCUT2D eigenvalue weighted by Crippen LogP contribution is -2.35. The minimum atomic E-state index is -0.728. The average molecular weight is 212 g/mol. The Morgan fingerprint density at radius 2 is 1.87 bits per heavy atom. The van der Waals surface area contributed by atoms with Crippen LogP contribution in [0.25, 0.3) is 0 Å². The van der Waals surface area contributed by atoms with Gasteiger partial charge in [0, 0.05) is 18.2 Å². The van der Waals surface area contributed by atoms with Crippen LogP contribution >= 0.6 is 0 Å². The van der Waals surface area contributed by atoms with Crippen molar-refractivity contribution in [2.75, 3.05) is 0 Å². The highest BCUT2D eigenvalue weighted by Crippen LogP contribution is 2.17. The van der Waals surface area contributed by atoms with Gasteiger partial charge in [-0.3, -0.25) is 4.79 Å². The zero-order chi connectivity index (χ0) is 11.1. The van der Waals surface area contributed by atoms with Crippen LogP contribution in [0.2, 0.25) is 0 Å². The van der Waals surface area contributed by atoms with Gasteiger partial charge in [-0.25, -0.2) is 4.79 Å². The van der Waals surface area contributed by atoms with Crippen LogP contribution < -0.4 is 11.2 Å². The molecule has 0 aromatic heterocycles. The first-order valence-electron chi connectivity index (χ1n) is 5.11. The zero-order valence-electron chi connectivity index (χ0n) is 8.57. The summed E-state index contributed by atoms with van der Waals surface area (Å²) in [5.41, 5.74) is 0. The Balaban J connectivity index is 2.28. The number of rotatable bonds is 3. The third-order valence-corrected chi connectivity index (χ3v) is 2.44. The highest BCUT2D eigenvalue weighted by molar-refractivity contribution is 5.94. The highest BCUT2D eigenvalue weighted by Gasteiger charge is 2.14. The Kier molecular flexibility index (Phi) is 4.83. The first-order chi connectivity index (χ1) is 7.22. The summed E-state index contributed by atoms with van der Waals surface area (Å²) in [6.07, 6.45) is 7.73. The molecule has 0 aromatic rings. The Labute approximate surface area is 88.6 Å². The van der Waals surface area contributed by atoms with Gasteiger partial charge in [-0.1, -0.05) is 19.3 Å². The van der Waals surface area contributed by atoms with Gasteiger partial charge in [-0.2, -0.15) is 5.90 Å². The van der Waals surface area contributed by atoms with Crippen molar-refractivity contribution in [2.24, 2.45) is 5.90 Å². The van der Waals surface area contributed by atoms with E-state index >= 15 is 0 Å². The van der Waals surface area contributed by atoms with E-state index in [0.29, 0.717) is 0 Å². The molecule has 0 saturated heterocycles. The Morgan fingerprint density at radius 1 is 1.20 bits per heavy atom. The molecule has 0 spiro atoms. The minimum absolute atomic E-state index is 0.241. The average Bonchev–Trinajstić information content (AvgIpc) is 2.27. The largest absolute Gasteiger partial charge is 0.370 e. The first-order valence-corrected chi connectivity index (χ1v) is 5.11. The van der Waals surface area contributed by atoms with Crippen molar-refractivity contribution in [3.63, 3.8) is 0 Å². The van der Waals surface area contributed by atoms with Crippen molar-refractivity contribution < 1.29 is 14.4 Å². The second-order valence-corrected chi connectivity index (χ2v) is 3.61. The predicted molar refractivity (Wildman–Crippen MR) is 54.4 cm³/mol. The van der Waals surface area contributed by atoms with Crippen LogP contribution in [0, 0.1) is 0 Å². The van der Waals surface area contributed by atoms with E-state index in [2.05, 4.69) is 16.1 Å². The summed E-state index contributed by atoms with van der Waals surface area (Å²) in [6.45, 7) is 0.